The lowest BCUT2D eigenvalue weighted by atomic mass is 10.0. The van der Waals surface area contributed by atoms with Crippen LogP contribution in [-0.4, -0.2) is 18.5 Å². The third-order valence-corrected chi connectivity index (χ3v) is 4.99. The molecule has 0 aliphatic heterocycles. The molecule has 0 aliphatic rings. The van der Waals surface area contributed by atoms with Crippen molar-refractivity contribution >= 4 is 17.2 Å². The van der Waals surface area contributed by atoms with Crippen molar-refractivity contribution in [3.05, 3.63) is 57.8 Å². The average molecular weight is 330 g/mol. The number of rotatable bonds is 8. The van der Waals surface area contributed by atoms with Crippen molar-refractivity contribution in [2.45, 2.75) is 45.7 Å². The standard InChI is InChI=1S/C19H26N2OS/c1-4-16(5-2)21-18(22)13-20-19(17-7-6-12-23-17)15-10-8-14(3)9-11-15/h6-12,16,19-20H,4-5,13H2,1-3H3,(H,21,22)/t19-/m1/s1. The third-order valence-electron chi connectivity index (χ3n) is 4.06. The van der Waals surface area contributed by atoms with E-state index in [9.17, 15) is 4.79 Å². The van der Waals surface area contributed by atoms with Crippen LogP contribution in [0.2, 0.25) is 0 Å². The molecule has 23 heavy (non-hydrogen) atoms. The van der Waals surface area contributed by atoms with Gasteiger partial charge in [0.1, 0.15) is 0 Å². The van der Waals surface area contributed by atoms with Gasteiger partial charge in [0.2, 0.25) is 5.91 Å². The van der Waals surface area contributed by atoms with Gasteiger partial charge in [0.25, 0.3) is 0 Å². The first-order valence-corrected chi connectivity index (χ1v) is 9.14. The largest absolute Gasteiger partial charge is 0.352 e. The van der Waals surface area contributed by atoms with E-state index in [0.717, 1.165) is 12.8 Å². The molecule has 4 heteroatoms. The van der Waals surface area contributed by atoms with Crippen molar-refractivity contribution in [3.8, 4) is 0 Å². The molecule has 1 atom stereocenters. The topological polar surface area (TPSA) is 41.1 Å². The Bertz CT molecular complexity index is 588. The highest BCUT2D eigenvalue weighted by atomic mass is 32.1. The number of thiophene rings is 1. The molecule has 1 aromatic heterocycles. The quantitative estimate of drug-likeness (QED) is 0.767. The predicted molar refractivity (Wildman–Crippen MR) is 97.9 cm³/mol. The van der Waals surface area contributed by atoms with Crippen molar-refractivity contribution in [2.75, 3.05) is 6.54 Å². The SMILES string of the molecule is CCC(CC)NC(=O)CN[C@H](c1ccc(C)cc1)c1cccs1. The van der Waals surface area contributed by atoms with Gasteiger partial charge in [-0.05, 0) is 36.8 Å². The van der Waals surface area contributed by atoms with Gasteiger partial charge in [-0.25, -0.2) is 0 Å². The highest BCUT2D eigenvalue weighted by molar-refractivity contribution is 7.10. The molecule has 3 nitrogen and oxygen atoms in total. The second-order valence-electron chi connectivity index (χ2n) is 5.82. The maximum absolute atomic E-state index is 12.2. The molecule has 2 aromatic rings. The lowest BCUT2D eigenvalue weighted by Gasteiger charge is -2.20. The van der Waals surface area contributed by atoms with E-state index < -0.39 is 0 Å². The Morgan fingerprint density at radius 1 is 1.13 bits per heavy atom. The molecular weight excluding hydrogens is 304 g/mol. The highest BCUT2D eigenvalue weighted by Crippen LogP contribution is 2.26. The zero-order valence-electron chi connectivity index (χ0n) is 14.1. The number of carbonyl (C=O) groups excluding carboxylic acids is 1. The summed E-state index contributed by atoms with van der Waals surface area (Å²) in [6.45, 7) is 6.61. The molecule has 0 radical (unpaired) electrons. The van der Waals surface area contributed by atoms with Gasteiger partial charge in [0.05, 0.1) is 12.6 Å². The van der Waals surface area contributed by atoms with E-state index in [1.165, 1.54) is 16.0 Å². The molecule has 0 aliphatic carbocycles. The molecule has 0 spiro atoms. The Balaban J connectivity index is 2.04. The maximum Gasteiger partial charge on any atom is 0.234 e. The molecule has 124 valence electrons. The first-order chi connectivity index (χ1) is 11.1. The minimum absolute atomic E-state index is 0.0584. The van der Waals surface area contributed by atoms with Crippen molar-refractivity contribution < 1.29 is 4.79 Å². The summed E-state index contributed by atoms with van der Waals surface area (Å²) in [4.78, 5) is 13.4. The fourth-order valence-electron chi connectivity index (χ4n) is 2.56. The molecule has 1 aromatic carbocycles. The minimum Gasteiger partial charge on any atom is -0.352 e. The Hall–Kier alpha value is -1.65. The molecule has 0 bridgehead atoms. The van der Waals surface area contributed by atoms with Gasteiger partial charge >= 0.3 is 0 Å². The van der Waals surface area contributed by atoms with Crippen molar-refractivity contribution in [3.63, 3.8) is 0 Å². The lowest BCUT2D eigenvalue weighted by molar-refractivity contribution is -0.121. The first-order valence-electron chi connectivity index (χ1n) is 8.26. The Kier molecular flexibility index (Phi) is 6.81. The van der Waals surface area contributed by atoms with Gasteiger partial charge in [-0.15, -0.1) is 11.3 Å². The van der Waals surface area contributed by atoms with Crippen LogP contribution < -0.4 is 10.6 Å². The van der Waals surface area contributed by atoms with Gasteiger partial charge in [-0.2, -0.15) is 0 Å². The molecule has 0 saturated heterocycles. The fourth-order valence-corrected chi connectivity index (χ4v) is 3.39. The summed E-state index contributed by atoms with van der Waals surface area (Å²) < 4.78 is 0. The van der Waals surface area contributed by atoms with Gasteiger partial charge in [0, 0.05) is 10.9 Å². The monoisotopic (exact) mass is 330 g/mol. The van der Waals surface area contributed by atoms with Crippen LogP contribution in [0.3, 0.4) is 0 Å². The van der Waals surface area contributed by atoms with E-state index in [1.54, 1.807) is 11.3 Å². The van der Waals surface area contributed by atoms with Gasteiger partial charge in [0.15, 0.2) is 0 Å². The third kappa shape index (κ3) is 5.19. The highest BCUT2D eigenvalue weighted by Gasteiger charge is 2.16. The van der Waals surface area contributed by atoms with Gasteiger partial charge in [-0.1, -0.05) is 49.7 Å². The summed E-state index contributed by atoms with van der Waals surface area (Å²) in [6.07, 6.45) is 1.93. The second kappa shape index (κ2) is 8.85. The van der Waals surface area contributed by atoms with Crippen LogP contribution in [0.5, 0.6) is 0 Å². The summed E-state index contributed by atoms with van der Waals surface area (Å²) in [7, 11) is 0. The number of carbonyl (C=O) groups is 1. The Morgan fingerprint density at radius 3 is 2.39 bits per heavy atom. The minimum atomic E-state index is 0.0584. The number of nitrogens with one attached hydrogen (secondary N) is 2. The van der Waals surface area contributed by atoms with Crippen LogP contribution in [-0.2, 0) is 4.79 Å². The van der Waals surface area contributed by atoms with E-state index in [1.807, 2.05) is 6.07 Å². The first kappa shape index (κ1) is 17.7. The van der Waals surface area contributed by atoms with Crippen LogP contribution >= 0.6 is 11.3 Å². The summed E-state index contributed by atoms with van der Waals surface area (Å²) >= 11 is 1.71. The van der Waals surface area contributed by atoms with Crippen LogP contribution in [0.1, 0.15) is 48.7 Å². The van der Waals surface area contributed by atoms with Crippen LogP contribution in [0.15, 0.2) is 41.8 Å². The fraction of sp³-hybridized carbons (Fsp3) is 0.421. The maximum atomic E-state index is 12.2. The van der Waals surface area contributed by atoms with E-state index >= 15 is 0 Å². The molecule has 1 amide bonds. The normalized spacial score (nSPS) is 12.3. The zero-order chi connectivity index (χ0) is 16.7. The second-order valence-corrected chi connectivity index (χ2v) is 6.80. The van der Waals surface area contributed by atoms with Crippen LogP contribution in [0, 0.1) is 6.92 Å². The molecule has 2 rings (SSSR count). The molecule has 1 heterocycles. The van der Waals surface area contributed by atoms with Gasteiger partial charge < -0.3 is 5.32 Å². The molecular formula is C19H26N2OS. The van der Waals surface area contributed by atoms with Gasteiger partial charge in [-0.3, -0.25) is 10.1 Å². The number of benzene rings is 1. The van der Waals surface area contributed by atoms with Crippen LogP contribution in [0.4, 0.5) is 0 Å². The molecule has 0 unspecified atom stereocenters. The number of hydrogen-bond acceptors (Lipinski definition) is 3. The molecule has 0 fully saturated rings. The number of hydrogen-bond donors (Lipinski definition) is 2. The van der Waals surface area contributed by atoms with Crippen molar-refractivity contribution in [1.29, 1.82) is 0 Å². The number of amides is 1. The van der Waals surface area contributed by atoms with Crippen LogP contribution in [0.25, 0.3) is 0 Å². The Labute approximate surface area is 143 Å². The average Bonchev–Trinajstić information content (AvgIpc) is 3.08. The molecule has 0 saturated carbocycles. The van der Waals surface area contributed by atoms with Crippen molar-refractivity contribution in [2.24, 2.45) is 0 Å². The van der Waals surface area contributed by atoms with E-state index in [4.69, 9.17) is 0 Å². The summed E-state index contributed by atoms with van der Waals surface area (Å²) in [6, 6.07) is 13.0. The zero-order valence-corrected chi connectivity index (χ0v) is 15.0. The number of aryl methyl sites for hydroxylation is 1. The lowest BCUT2D eigenvalue weighted by Crippen LogP contribution is -2.40. The van der Waals surface area contributed by atoms with E-state index in [-0.39, 0.29) is 18.0 Å². The summed E-state index contributed by atoms with van der Waals surface area (Å²) in [5, 5.41) is 8.56. The van der Waals surface area contributed by atoms with E-state index in [2.05, 4.69) is 67.1 Å². The smallest absolute Gasteiger partial charge is 0.234 e. The predicted octanol–water partition coefficient (Wildman–Crippen LogP) is 4.04. The Morgan fingerprint density at radius 2 is 1.83 bits per heavy atom. The summed E-state index contributed by atoms with van der Waals surface area (Å²) in [5.74, 6) is 0.0624. The molecule has 2 N–H and O–H groups in total. The van der Waals surface area contributed by atoms with E-state index in [0.29, 0.717) is 6.54 Å². The van der Waals surface area contributed by atoms with Crippen molar-refractivity contribution in [1.82, 2.24) is 10.6 Å². The summed E-state index contributed by atoms with van der Waals surface area (Å²) in [5.41, 5.74) is 2.43.